The van der Waals surface area contributed by atoms with Crippen LogP contribution in [0.2, 0.25) is 0 Å². The number of amides is 1. The summed E-state index contributed by atoms with van der Waals surface area (Å²) in [6.07, 6.45) is 7.90. The van der Waals surface area contributed by atoms with Crippen LogP contribution in [0.4, 0.5) is 0 Å². The number of carbonyl (C=O) groups is 1. The van der Waals surface area contributed by atoms with Gasteiger partial charge in [0, 0.05) is 45.0 Å². The summed E-state index contributed by atoms with van der Waals surface area (Å²) >= 11 is 0. The van der Waals surface area contributed by atoms with Gasteiger partial charge in [-0.15, -0.1) is 0 Å². The van der Waals surface area contributed by atoms with Crippen molar-refractivity contribution in [2.24, 2.45) is 0 Å². The van der Waals surface area contributed by atoms with Crippen molar-refractivity contribution in [1.82, 2.24) is 14.8 Å². The molecule has 28 heavy (non-hydrogen) atoms. The van der Waals surface area contributed by atoms with Crippen LogP contribution < -0.4 is 4.74 Å². The van der Waals surface area contributed by atoms with E-state index in [9.17, 15) is 4.79 Å². The molecule has 148 valence electrons. The molecule has 1 aliphatic heterocycles. The molecule has 1 saturated carbocycles. The summed E-state index contributed by atoms with van der Waals surface area (Å²) in [7, 11) is 1.79. The molecule has 2 aromatic rings. The average Bonchev–Trinajstić information content (AvgIpc) is 2.88. The lowest BCUT2D eigenvalue weighted by Gasteiger charge is -2.36. The fraction of sp³-hybridized carbons (Fsp3) is 0.478. The molecule has 5 heteroatoms. The number of carbonyl (C=O) groups excluding carboxylic acids is 1. The predicted octanol–water partition coefficient (Wildman–Crippen LogP) is 3.92. The van der Waals surface area contributed by atoms with Crippen molar-refractivity contribution in [3.8, 4) is 11.6 Å². The third kappa shape index (κ3) is 4.04. The molecule has 0 radical (unpaired) electrons. The maximum Gasteiger partial charge on any atom is 0.255 e. The van der Waals surface area contributed by atoms with Gasteiger partial charge < -0.3 is 9.64 Å². The highest BCUT2D eigenvalue weighted by Gasteiger charge is 2.26. The number of pyridine rings is 1. The number of hydrogen-bond acceptors (Lipinski definition) is 4. The zero-order valence-corrected chi connectivity index (χ0v) is 16.9. The summed E-state index contributed by atoms with van der Waals surface area (Å²) in [6, 6.07) is 10.7. The molecule has 1 amide bonds. The topological polar surface area (TPSA) is 45.7 Å². The van der Waals surface area contributed by atoms with Crippen molar-refractivity contribution < 1.29 is 9.53 Å². The molecule has 0 unspecified atom stereocenters. The van der Waals surface area contributed by atoms with E-state index in [1.54, 1.807) is 30.3 Å². The van der Waals surface area contributed by atoms with Gasteiger partial charge in [0.15, 0.2) is 0 Å². The number of fused-ring (bicyclic) bond motifs is 1. The van der Waals surface area contributed by atoms with Crippen molar-refractivity contribution in [2.75, 3.05) is 26.7 Å². The molecule has 4 rings (SSSR count). The van der Waals surface area contributed by atoms with Gasteiger partial charge in [-0.1, -0.05) is 12.5 Å². The second kappa shape index (κ2) is 8.31. The molecule has 5 nitrogen and oxygen atoms in total. The van der Waals surface area contributed by atoms with E-state index in [0.29, 0.717) is 18.0 Å². The number of ether oxygens (including phenoxy) is 1. The summed E-state index contributed by atoms with van der Waals surface area (Å²) in [5.74, 6) is 1.30. The van der Waals surface area contributed by atoms with E-state index in [0.717, 1.165) is 31.2 Å². The number of benzene rings is 1. The van der Waals surface area contributed by atoms with Gasteiger partial charge >= 0.3 is 0 Å². The van der Waals surface area contributed by atoms with Crippen molar-refractivity contribution in [3.63, 3.8) is 0 Å². The van der Waals surface area contributed by atoms with Crippen LogP contribution in [0, 0.1) is 0 Å². The third-order valence-corrected chi connectivity index (χ3v) is 6.13. The normalized spacial score (nSPS) is 17.4. The summed E-state index contributed by atoms with van der Waals surface area (Å²) in [6.45, 7) is 4.93. The minimum absolute atomic E-state index is 0.0254. The molecule has 2 heterocycles. The molecule has 0 atom stereocenters. The molecule has 0 spiro atoms. The van der Waals surface area contributed by atoms with Crippen LogP contribution >= 0.6 is 0 Å². The Bertz CT molecular complexity index is 830. The molecule has 1 aliphatic carbocycles. The van der Waals surface area contributed by atoms with Crippen molar-refractivity contribution in [2.45, 2.75) is 45.1 Å². The highest BCUT2D eigenvalue weighted by Crippen LogP contribution is 2.29. The molecule has 1 aromatic carbocycles. The largest absolute Gasteiger partial charge is 0.439 e. The monoisotopic (exact) mass is 379 g/mol. The van der Waals surface area contributed by atoms with Gasteiger partial charge in [-0.05, 0) is 61.9 Å². The van der Waals surface area contributed by atoms with E-state index in [4.69, 9.17) is 4.74 Å². The Morgan fingerprint density at radius 1 is 1.18 bits per heavy atom. The zero-order valence-electron chi connectivity index (χ0n) is 16.9. The molecular weight excluding hydrogens is 350 g/mol. The van der Waals surface area contributed by atoms with Crippen LogP contribution in [0.3, 0.4) is 0 Å². The first-order chi connectivity index (χ1) is 13.6. The highest BCUT2D eigenvalue weighted by atomic mass is 16.5. The van der Waals surface area contributed by atoms with Crippen LogP contribution in [0.25, 0.3) is 0 Å². The van der Waals surface area contributed by atoms with Crippen molar-refractivity contribution >= 4 is 5.91 Å². The average molecular weight is 380 g/mol. The summed E-state index contributed by atoms with van der Waals surface area (Å²) < 4.78 is 5.96. The van der Waals surface area contributed by atoms with Crippen LogP contribution in [0.1, 0.15) is 47.7 Å². The third-order valence-electron chi connectivity index (χ3n) is 6.13. The number of aromatic nitrogens is 1. The van der Waals surface area contributed by atoms with E-state index in [1.807, 2.05) is 13.0 Å². The Balaban J connectivity index is 1.42. The van der Waals surface area contributed by atoms with Gasteiger partial charge in [-0.2, -0.15) is 0 Å². The fourth-order valence-electron chi connectivity index (χ4n) is 3.95. The van der Waals surface area contributed by atoms with E-state index in [2.05, 4.69) is 22.0 Å². The molecule has 0 saturated heterocycles. The highest BCUT2D eigenvalue weighted by molar-refractivity contribution is 5.93. The Kier molecular flexibility index (Phi) is 5.62. The van der Waals surface area contributed by atoms with E-state index >= 15 is 0 Å². The lowest BCUT2D eigenvalue weighted by atomic mass is 9.91. The number of hydrogen-bond donors (Lipinski definition) is 0. The van der Waals surface area contributed by atoms with Gasteiger partial charge in [-0.3, -0.25) is 9.69 Å². The molecule has 1 fully saturated rings. The number of rotatable bonds is 5. The zero-order chi connectivity index (χ0) is 19.5. The standard InChI is InChI=1S/C23H29N3O2/c1-3-25(2)23(27)19-8-10-22(24-16-19)28-21-9-7-17-11-13-26(20-5-4-6-20)14-12-18(17)15-21/h7-10,15-16,20H,3-6,11-14H2,1-2H3. The quantitative estimate of drug-likeness (QED) is 0.790. The minimum Gasteiger partial charge on any atom is -0.439 e. The van der Waals surface area contributed by atoms with Crippen molar-refractivity contribution in [1.29, 1.82) is 0 Å². The first kappa shape index (κ1) is 18.9. The van der Waals surface area contributed by atoms with Gasteiger partial charge in [-0.25, -0.2) is 4.98 Å². The molecular formula is C23H29N3O2. The lowest BCUT2D eigenvalue weighted by Crippen LogP contribution is -2.41. The molecule has 0 N–H and O–H groups in total. The van der Waals surface area contributed by atoms with E-state index in [1.165, 1.54) is 36.9 Å². The molecule has 2 aliphatic rings. The maximum absolute atomic E-state index is 12.2. The van der Waals surface area contributed by atoms with Crippen LogP contribution in [-0.2, 0) is 12.8 Å². The molecule has 1 aromatic heterocycles. The summed E-state index contributed by atoms with van der Waals surface area (Å²) in [5, 5.41) is 0. The fourth-order valence-corrected chi connectivity index (χ4v) is 3.95. The van der Waals surface area contributed by atoms with Gasteiger partial charge in [0.25, 0.3) is 5.91 Å². The van der Waals surface area contributed by atoms with Gasteiger partial charge in [0.2, 0.25) is 5.88 Å². The first-order valence-corrected chi connectivity index (χ1v) is 10.4. The maximum atomic E-state index is 12.2. The summed E-state index contributed by atoms with van der Waals surface area (Å²) in [5.41, 5.74) is 3.40. The Hall–Kier alpha value is -2.40. The Morgan fingerprint density at radius 3 is 2.61 bits per heavy atom. The van der Waals surface area contributed by atoms with Crippen LogP contribution in [0.5, 0.6) is 11.6 Å². The van der Waals surface area contributed by atoms with Crippen molar-refractivity contribution in [3.05, 3.63) is 53.2 Å². The Labute approximate surface area is 167 Å². The second-order valence-electron chi connectivity index (χ2n) is 7.86. The van der Waals surface area contributed by atoms with E-state index in [-0.39, 0.29) is 5.91 Å². The van der Waals surface area contributed by atoms with Crippen LogP contribution in [-0.4, -0.2) is 53.4 Å². The van der Waals surface area contributed by atoms with Gasteiger partial charge in [0.1, 0.15) is 5.75 Å². The first-order valence-electron chi connectivity index (χ1n) is 10.4. The van der Waals surface area contributed by atoms with Gasteiger partial charge in [0.05, 0.1) is 5.56 Å². The van der Waals surface area contributed by atoms with Crippen LogP contribution in [0.15, 0.2) is 36.5 Å². The smallest absolute Gasteiger partial charge is 0.255 e. The summed E-state index contributed by atoms with van der Waals surface area (Å²) in [4.78, 5) is 20.8. The second-order valence-corrected chi connectivity index (χ2v) is 7.86. The predicted molar refractivity (Wildman–Crippen MR) is 110 cm³/mol. The Morgan fingerprint density at radius 2 is 1.96 bits per heavy atom. The van der Waals surface area contributed by atoms with E-state index < -0.39 is 0 Å². The number of nitrogens with zero attached hydrogens (tertiary/aromatic N) is 3. The molecule has 0 bridgehead atoms. The lowest BCUT2D eigenvalue weighted by molar-refractivity contribution is 0.0802. The minimum atomic E-state index is -0.0254. The SMILES string of the molecule is CCN(C)C(=O)c1ccc(Oc2ccc3c(c2)CCN(C2CCC2)CC3)nc1.